The first kappa shape index (κ1) is 17.9. The van der Waals surface area contributed by atoms with Crippen molar-refractivity contribution < 1.29 is 4.79 Å². The van der Waals surface area contributed by atoms with Crippen molar-refractivity contribution in [3.8, 4) is 0 Å². The van der Waals surface area contributed by atoms with Crippen LogP contribution in [0.2, 0.25) is 0 Å². The second-order valence-electron chi connectivity index (χ2n) is 3.15. The second-order valence-corrected chi connectivity index (χ2v) is 4.38. The van der Waals surface area contributed by atoms with E-state index in [1.54, 1.807) is 0 Å². The standard InChI is InChI=1S/C8H16N3OS.2ClH/c1-8(10,7(12)6-9)11-2-4-13-5-3-11;;/h1-6,9-10H2;2*1H. The molecule has 7 heteroatoms. The van der Waals surface area contributed by atoms with Crippen LogP contribution < -0.4 is 11.5 Å². The summed E-state index contributed by atoms with van der Waals surface area (Å²) in [5, 5.41) is 0. The Kier molecular flexibility index (Phi) is 9.17. The number of thioether (sulfide) groups is 1. The number of rotatable bonds is 3. The predicted octanol–water partition coefficient (Wildman–Crippen LogP) is -0.104. The van der Waals surface area contributed by atoms with E-state index in [4.69, 9.17) is 11.5 Å². The molecule has 0 aromatic heterocycles. The van der Waals surface area contributed by atoms with Crippen LogP contribution in [0.25, 0.3) is 0 Å². The highest BCUT2D eigenvalue weighted by molar-refractivity contribution is 7.99. The van der Waals surface area contributed by atoms with Gasteiger partial charge in [0.05, 0.1) is 6.54 Å². The lowest BCUT2D eigenvalue weighted by Crippen LogP contribution is -2.63. The molecule has 1 rings (SSSR count). The Morgan fingerprint density at radius 3 is 2.27 bits per heavy atom. The average Bonchev–Trinajstić information content (AvgIpc) is 2.18. The summed E-state index contributed by atoms with van der Waals surface area (Å²) < 4.78 is 0. The smallest absolute Gasteiger partial charge is 0.180 e. The number of ketones is 1. The van der Waals surface area contributed by atoms with E-state index < -0.39 is 5.66 Å². The number of hydrogen-bond acceptors (Lipinski definition) is 5. The van der Waals surface area contributed by atoms with Gasteiger partial charge in [0.15, 0.2) is 5.78 Å². The molecule has 1 aliphatic rings. The summed E-state index contributed by atoms with van der Waals surface area (Å²) in [5.74, 6) is 1.82. The van der Waals surface area contributed by atoms with Crippen molar-refractivity contribution in [1.29, 1.82) is 0 Å². The Morgan fingerprint density at radius 1 is 1.40 bits per heavy atom. The molecular formula is C8H18Cl2N3OS. The zero-order chi connectivity index (χ0) is 9.90. The lowest BCUT2D eigenvalue weighted by Gasteiger charge is -2.38. The normalized spacial score (nSPS) is 20.7. The van der Waals surface area contributed by atoms with Gasteiger partial charge in [0, 0.05) is 24.6 Å². The molecule has 1 heterocycles. The quantitative estimate of drug-likeness (QED) is 0.752. The maximum absolute atomic E-state index is 11.4. The SMILES string of the molecule is Cl.Cl.[CH2]C(N)(C(=O)CN)N1CCSCC1. The molecular weight excluding hydrogens is 257 g/mol. The highest BCUT2D eigenvalue weighted by atomic mass is 35.5. The van der Waals surface area contributed by atoms with Crippen LogP contribution in [0.4, 0.5) is 0 Å². The van der Waals surface area contributed by atoms with Gasteiger partial charge in [-0.3, -0.25) is 9.69 Å². The fraction of sp³-hybridized carbons (Fsp3) is 0.750. The average molecular weight is 275 g/mol. The monoisotopic (exact) mass is 274 g/mol. The summed E-state index contributed by atoms with van der Waals surface area (Å²) in [6.45, 7) is 5.32. The van der Waals surface area contributed by atoms with Gasteiger partial charge < -0.3 is 11.5 Å². The molecule has 1 atom stereocenters. The van der Waals surface area contributed by atoms with E-state index in [2.05, 4.69) is 6.92 Å². The molecule has 4 nitrogen and oxygen atoms in total. The molecule has 0 amide bonds. The Morgan fingerprint density at radius 2 is 1.87 bits per heavy atom. The minimum Gasteiger partial charge on any atom is -0.324 e. The summed E-state index contributed by atoms with van der Waals surface area (Å²) in [5.41, 5.74) is 9.97. The summed E-state index contributed by atoms with van der Waals surface area (Å²) in [6.07, 6.45) is 0. The van der Waals surface area contributed by atoms with E-state index in [0.29, 0.717) is 0 Å². The second kappa shape index (κ2) is 7.70. The molecule has 0 aliphatic carbocycles. The van der Waals surface area contributed by atoms with Crippen molar-refractivity contribution in [2.24, 2.45) is 11.5 Å². The van der Waals surface area contributed by atoms with Crippen LogP contribution in [0.15, 0.2) is 0 Å². The van der Waals surface area contributed by atoms with Gasteiger partial charge in [0.2, 0.25) is 0 Å². The van der Waals surface area contributed by atoms with Crippen molar-refractivity contribution in [3.05, 3.63) is 6.92 Å². The van der Waals surface area contributed by atoms with Gasteiger partial charge in [-0.15, -0.1) is 24.8 Å². The predicted molar refractivity (Wildman–Crippen MR) is 69.7 cm³/mol. The van der Waals surface area contributed by atoms with Gasteiger partial charge in [0.1, 0.15) is 5.66 Å². The number of halogens is 2. The van der Waals surface area contributed by atoms with Gasteiger partial charge in [-0.2, -0.15) is 11.8 Å². The molecule has 0 aromatic carbocycles. The van der Waals surface area contributed by atoms with Gasteiger partial charge in [-0.25, -0.2) is 0 Å². The molecule has 15 heavy (non-hydrogen) atoms. The minimum atomic E-state index is -1.12. The molecule has 1 aliphatic heterocycles. The fourth-order valence-corrected chi connectivity index (χ4v) is 2.22. The van der Waals surface area contributed by atoms with Crippen molar-refractivity contribution >= 4 is 42.4 Å². The molecule has 4 N–H and O–H groups in total. The Hall–Kier alpha value is 0.480. The van der Waals surface area contributed by atoms with Crippen LogP contribution in [-0.2, 0) is 4.79 Å². The molecule has 0 saturated carbocycles. The first-order valence-corrected chi connectivity index (χ1v) is 5.45. The molecule has 91 valence electrons. The number of Topliss-reactive ketones (excluding diaryl/α,β-unsaturated/α-hetero) is 1. The van der Waals surface area contributed by atoms with Gasteiger partial charge in [-0.1, -0.05) is 0 Å². The zero-order valence-corrected chi connectivity index (χ0v) is 10.9. The first-order chi connectivity index (χ1) is 6.09. The number of nitrogens with zero attached hydrogens (tertiary/aromatic N) is 1. The van der Waals surface area contributed by atoms with Gasteiger partial charge >= 0.3 is 0 Å². The van der Waals surface area contributed by atoms with E-state index in [1.165, 1.54) is 0 Å². The Labute approximate surface area is 107 Å². The van der Waals surface area contributed by atoms with E-state index in [9.17, 15) is 4.79 Å². The Balaban J connectivity index is 0. The van der Waals surface area contributed by atoms with E-state index in [-0.39, 0.29) is 37.1 Å². The lowest BCUT2D eigenvalue weighted by atomic mass is 10.1. The highest BCUT2D eigenvalue weighted by Gasteiger charge is 2.34. The van der Waals surface area contributed by atoms with Crippen LogP contribution in [-0.4, -0.2) is 47.5 Å². The van der Waals surface area contributed by atoms with Crippen molar-refractivity contribution in [1.82, 2.24) is 4.90 Å². The topological polar surface area (TPSA) is 72.3 Å². The maximum atomic E-state index is 11.4. The van der Waals surface area contributed by atoms with Crippen molar-refractivity contribution in [3.63, 3.8) is 0 Å². The molecule has 1 saturated heterocycles. The summed E-state index contributed by atoms with van der Waals surface area (Å²) in [7, 11) is 0. The summed E-state index contributed by atoms with van der Waals surface area (Å²) in [6, 6.07) is 0. The number of carbonyl (C=O) groups excluding carboxylic acids is 1. The van der Waals surface area contributed by atoms with Gasteiger partial charge in [-0.05, 0) is 6.92 Å². The van der Waals surface area contributed by atoms with Crippen LogP contribution in [0, 0.1) is 6.92 Å². The van der Waals surface area contributed by atoms with Crippen LogP contribution in [0.1, 0.15) is 0 Å². The third kappa shape index (κ3) is 4.46. The van der Waals surface area contributed by atoms with Gasteiger partial charge in [0.25, 0.3) is 0 Å². The largest absolute Gasteiger partial charge is 0.324 e. The highest BCUT2D eigenvalue weighted by Crippen LogP contribution is 2.16. The molecule has 1 fully saturated rings. The first-order valence-electron chi connectivity index (χ1n) is 4.29. The Bertz CT molecular complexity index is 198. The van der Waals surface area contributed by atoms with Crippen molar-refractivity contribution in [2.75, 3.05) is 31.1 Å². The third-order valence-corrected chi connectivity index (χ3v) is 3.19. The van der Waals surface area contributed by atoms with E-state index in [0.717, 1.165) is 24.6 Å². The van der Waals surface area contributed by atoms with Crippen LogP contribution >= 0.6 is 36.6 Å². The molecule has 0 spiro atoms. The molecule has 1 radical (unpaired) electrons. The van der Waals surface area contributed by atoms with Crippen molar-refractivity contribution in [2.45, 2.75) is 5.66 Å². The number of nitrogens with two attached hydrogens (primary N) is 2. The number of carbonyl (C=O) groups is 1. The minimum absolute atomic E-state index is 0. The zero-order valence-electron chi connectivity index (χ0n) is 8.48. The molecule has 0 aromatic rings. The maximum Gasteiger partial charge on any atom is 0.180 e. The van der Waals surface area contributed by atoms with E-state index in [1.807, 2.05) is 16.7 Å². The third-order valence-electron chi connectivity index (χ3n) is 2.24. The summed E-state index contributed by atoms with van der Waals surface area (Å²) in [4.78, 5) is 13.3. The summed E-state index contributed by atoms with van der Waals surface area (Å²) >= 11 is 1.87. The van der Waals surface area contributed by atoms with Crippen LogP contribution in [0.3, 0.4) is 0 Å². The fourth-order valence-electron chi connectivity index (χ4n) is 1.32. The van der Waals surface area contributed by atoms with E-state index >= 15 is 0 Å². The number of hydrogen-bond donors (Lipinski definition) is 2. The van der Waals surface area contributed by atoms with Crippen LogP contribution in [0.5, 0.6) is 0 Å². The molecule has 0 bridgehead atoms. The lowest BCUT2D eigenvalue weighted by molar-refractivity contribution is -0.126. The molecule has 1 unspecified atom stereocenters.